The molecule has 0 bridgehead atoms. The number of piperidine rings is 1. The third-order valence-electron chi connectivity index (χ3n) is 3.26. The zero-order chi connectivity index (χ0) is 12.2. The van der Waals surface area contributed by atoms with Crippen LogP contribution in [0, 0.1) is 0 Å². The van der Waals surface area contributed by atoms with Crippen molar-refractivity contribution in [3.63, 3.8) is 0 Å². The summed E-state index contributed by atoms with van der Waals surface area (Å²) in [4.78, 5) is 6.64. The lowest BCUT2D eigenvalue weighted by Crippen LogP contribution is -2.31. The number of rotatable bonds is 2. The van der Waals surface area contributed by atoms with Gasteiger partial charge < -0.3 is 4.90 Å². The second-order valence-corrected chi connectivity index (χ2v) is 4.56. The molecule has 0 N–H and O–H groups in total. The first-order chi connectivity index (χ1) is 8.93. The SMILES string of the molecule is c1ccc(-c2cnc(N3CCCCC3)nn2)cc1. The maximum Gasteiger partial charge on any atom is 0.245 e. The van der Waals surface area contributed by atoms with Gasteiger partial charge in [-0.1, -0.05) is 30.3 Å². The fourth-order valence-electron chi connectivity index (χ4n) is 2.25. The minimum Gasteiger partial charge on any atom is -0.340 e. The summed E-state index contributed by atoms with van der Waals surface area (Å²) in [5.41, 5.74) is 1.89. The molecule has 2 heterocycles. The monoisotopic (exact) mass is 240 g/mol. The van der Waals surface area contributed by atoms with E-state index in [2.05, 4.69) is 20.1 Å². The summed E-state index contributed by atoms with van der Waals surface area (Å²) >= 11 is 0. The number of aromatic nitrogens is 3. The van der Waals surface area contributed by atoms with Crippen molar-refractivity contribution in [2.24, 2.45) is 0 Å². The van der Waals surface area contributed by atoms with Crippen molar-refractivity contribution in [3.8, 4) is 11.3 Å². The number of hydrogen-bond donors (Lipinski definition) is 0. The minimum absolute atomic E-state index is 0.759. The molecule has 0 radical (unpaired) electrons. The molecule has 0 spiro atoms. The average molecular weight is 240 g/mol. The van der Waals surface area contributed by atoms with Crippen LogP contribution >= 0.6 is 0 Å². The highest BCUT2D eigenvalue weighted by atomic mass is 15.3. The Hall–Kier alpha value is -1.97. The van der Waals surface area contributed by atoms with Gasteiger partial charge in [0.25, 0.3) is 0 Å². The number of hydrogen-bond acceptors (Lipinski definition) is 4. The molecule has 4 nitrogen and oxygen atoms in total. The molecule has 1 aromatic heterocycles. The molecule has 0 atom stereocenters. The number of benzene rings is 1. The van der Waals surface area contributed by atoms with Gasteiger partial charge in [-0.25, -0.2) is 4.98 Å². The zero-order valence-electron chi connectivity index (χ0n) is 10.3. The first-order valence-electron chi connectivity index (χ1n) is 6.43. The van der Waals surface area contributed by atoms with E-state index in [-0.39, 0.29) is 0 Å². The van der Waals surface area contributed by atoms with E-state index in [1.54, 1.807) is 0 Å². The number of anilines is 1. The molecule has 1 fully saturated rings. The molecule has 18 heavy (non-hydrogen) atoms. The van der Waals surface area contributed by atoms with E-state index in [4.69, 9.17) is 0 Å². The Morgan fingerprint density at radius 3 is 2.33 bits per heavy atom. The molecule has 0 saturated carbocycles. The molecule has 92 valence electrons. The number of nitrogens with zero attached hydrogens (tertiary/aromatic N) is 4. The van der Waals surface area contributed by atoms with Crippen LogP contribution in [0.3, 0.4) is 0 Å². The summed E-state index contributed by atoms with van der Waals surface area (Å²) < 4.78 is 0. The molecule has 1 saturated heterocycles. The summed E-state index contributed by atoms with van der Waals surface area (Å²) in [6.45, 7) is 2.10. The molecule has 3 rings (SSSR count). The van der Waals surface area contributed by atoms with E-state index >= 15 is 0 Å². The van der Waals surface area contributed by atoms with Crippen molar-refractivity contribution >= 4 is 5.95 Å². The lowest BCUT2D eigenvalue weighted by atomic mass is 10.1. The molecule has 4 heteroatoms. The Balaban J connectivity index is 1.80. The van der Waals surface area contributed by atoms with Gasteiger partial charge >= 0.3 is 0 Å². The van der Waals surface area contributed by atoms with Crippen molar-refractivity contribution in [3.05, 3.63) is 36.5 Å². The van der Waals surface area contributed by atoms with E-state index < -0.39 is 0 Å². The molecule has 1 aliphatic heterocycles. The Kier molecular flexibility index (Phi) is 3.17. The van der Waals surface area contributed by atoms with Crippen molar-refractivity contribution in [1.29, 1.82) is 0 Å². The highest BCUT2D eigenvalue weighted by Crippen LogP contribution is 2.18. The van der Waals surface area contributed by atoms with Crippen LogP contribution in [0.4, 0.5) is 5.95 Å². The van der Waals surface area contributed by atoms with Gasteiger partial charge in [0.05, 0.1) is 6.20 Å². The highest BCUT2D eigenvalue weighted by molar-refractivity contribution is 5.57. The van der Waals surface area contributed by atoms with E-state index in [1.165, 1.54) is 19.3 Å². The van der Waals surface area contributed by atoms with Crippen LogP contribution in [0.2, 0.25) is 0 Å². The van der Waals surface area contributed by atoms with Crippen LogP contribution < -0.4 is 4.90 Å². The summed E-state index contributed by atoms with van der Waals surface area (Å²) in [5, 5.41) is 8.51. The Morgan fingerprint density at radius 1 is 0.889 bits per heavy atom. The van der Waals surface area contributed by atoms with Crippen LogP contribution in [0.1, 0.15) is 19.3 Å². The van der Waals surface area contributed by atoms with Gasteiger partial charge in [0, 0.05) is 18.7 Å². The van der Waals surface area contributed by atoms with Gasteiger partial charge in [-0.15, -0.1) is 10.2 Å². The third kappa shape index (κ3) is 2.32. The van der Waals surface area contributed by atoms with E-state index in [0.29, 0.717) is 0 Å². The van der Waals surface area contributed by atoms with E-state index in [0.717, 1.165) is 30.3 Å². The molecule has 0 unspecified atom stereocenters. The predicted molar refractivity (Wildman–Crippen MR) is 71.3 cm³/mol. The molecule has 0 amide bonds. The topological polar surface area (TPSA) is 41.9 Å². The van der Waals surface area contributed by atoms with Gasteiger partial charge in [0.15, 0.2) is 0 Å². The lowest BCUT2D eigenvalue weighted by Gasteiger charge is -2.25. The van der Waals surface area contributed by atoms with E-state index in [1.807, 2.05) is 36.5 Å². The summed E-state index contributed by atoms with van der Waals surface area (Å²) in [5.74, 6) is 0.759. The van der Waals surface area contributed by atoms with Gasteiger partial charge in [0.1, 0.15) is 5.69 Å². The lowest BCUT2D eigenvalue weighted by molar-refractivity contribution is 0.565. The van der Waals surface area contributed by atoms with Crippen LogP contribution in [-0.2, 0) is 0 Å². The van der Waals surface area contributed by atoms with Gasteiger partial charge in [-0.05, 0) is 19.3 Å². The Bertz CT molecular complexity index is 489. The molecule has 1 aliphatic rings. The summed E-state index contributed by atoms with van der Waals surface area (Å²) in [7, 11) is 0. The molecular weight excluding hydrogens is 224 g/mol. The maximum atomic E-state index is 4.43. The van der Waals surface area contributed by atoms with Gasteiger partial charge in [-0.3, -0.25) is 0 Å². The first-order valence-corrected chi connectivity index (χ1v) is 6.43. The van der Waals surface area contributed by atoms with Crippen molar-refractivity contribution in [2.45, 2.75) is 19.3 Å². The second kappa shape index (κ2) is 5.12. The average Bonchev–Trinajstić information content (AvgIpc) is 2.49. The predicted octanol–water partition coefficient (Wildman–Crippen LogP) is 2.53. The minimum atomic E-state index is 0.759. The fourth-order valence-corrected chi connectivity index (χ4v) is 2.25. The van der Waals surface area contributed by atoms with Crippen molar-refractivity contribution in [1.82, 2.24) is 15.2 Å². The maximum absolute atomic E-state index is 4.43. The summed E-state index contributed by atoms with van der Waals surface area (Å²) in [6, 6.07) is 10.0. The summed E-state index contributed by atoms with van der Waals surface area (Å²) in [6.07, 6.45) is 5.58. The van der Waals surface area contributed by atoms with Gasteiger partial charge in [0.2, 0.25) is 5.95 Å². The molecule has 1 aromatic carbocycles. The third-order valence-corrected chi connectivity index (χ3v) is 3.26. The van der Waals surface area contributed by atoms with E-state index in [9.17, 15) is 0 Å². The van der Waals surface area contributed by atoms with Crippen molar-refractivity contribution in [2.75, 3.05) is 18.0 Å². The molecule has 0 aliphatic carbocycles. The standard InChI is InChI=1S/C14H16N4/c1-3-7-12(8-4-1)13-11-15-14(17-16-13)18-9-5-2-6-10-18/h1,3-4,7-8,11H,2,5-6,9-10H2. The molecular formula is C14H16N4. The largest absolute Gasteiger partial charge is 0.340 e. The fraction of sp³-hybridized carbons (Fsp3) is 0.357. The smallest absolute Gasteiger partial charge is 0.245 e. The Labute approximate surface area is 107 Å². The second-order valence-electron chi connectivity index (χ2n) is 4.56. The normalized spacial score (nSPS) is 15.7. The van der Waals surface area contributed by atoms with Crippen LogP contribution in [0.25, 0.3) is 11.3 Å². The first kappa shape index (κ1) is 11.1. The van der Waals surface area contributed by atoms with Gasteiger partial charge in [-0.2, -0.15) is 0 Å². The Morgan fingerprint density at radius 2 is 1.67 bits per heavy atom. The highest BCUT2D eigenvalue weighted by Gasteiger charge is 2.13. The van der Waals surface area contributed by atoms with Crippen LogP contribution in [-0.4, -0.2) is 28.3 Å². The van der Waals surface area contributed by atoms with Crippen molar-refractivity contribution < 1.29 is 0 Å². The molecule has 2 aromatic rings. The van der Waals surface area contributed by atoms with Crippen LogP contribution in [0.5, 0.6) is 0 Å². The quantitative estimate of drug-likeness (QED) is 0.809. The zero-order valence-corrected chi connectivity index (χ0v) is 10.3. The van der Waals surface area contributed by atoms with Crippen LogP contribution in [0.15, 0.2) is 36.5 Å².